The van der Waals surface area contributed by atoms with E-state index in [0.29, 0.717) is 30.9 Å². The number of nitrogens with zero attached hydrogens (tertiary/aromatic N) is 2. The fourth-order valence-electron chi connectivity index (χ4n) is 3.58. The van der Waals surface area contributed by atoms with Crippen molar-refractivity contribution in [3.8, 4) is 11.5 Å². The van der Waals surface area contributed by atoms with E-state index in [4.69, 9.17) is 14.6 Å². The van der Waals surface area contributed by atoms with Crippen LogP contribution in [0.15, 0.2) is 18.2 Å². The number of methoxy groups -OCH3 is 2. The largest absolute Gasteiger partial charge is 0.497 e. The van der Waals surface area contributed by atoms with E-state index in [1.807, 2.05) is 19.1 Å². The fraction of sp³-hybridized carbons (Fsp3) is 0.579. The van der Waals surface area contributed by atoms with Crippen LogP contribution in [-0.4, -0.2) is 67.7 Å². The number of aliphatic hydroxyl groups excluding tert-OH is 1. The molecule has 0 unspecified atom stereocenters. The molecule has 26 heavy (non-hydrogen) atoms. The second-order valence-corrected chi connectivity index (χ2v) is 6.36. The zero-order valence-corrected chi connectivity index (χ0v) is 15.9. The molecule has 2 rings (SSSR count). The average molecular weight is 364 g/mol. The van der Waals surface area contributed by atoms with Crippen LogP contribution in [0.5, 0.6) is 11.5 Å². The summed E-state index contributed by atoms with van der Waals surface area (Å²) in [6, 6.07) is 5.02. The Kier molecular flexibility index (Phi) is 6.85. The summed E-state index contributed by atoms with van der Waals surface area (Å²) >= 11 is 0. The number of rotatable bonds is 7. The second kappa shape index (κ2) is 8.89. The van der Waals surface area contributed by atoms with E-state index >= 15 is 0 Å². The molecule has 1 aliphatic heterocycles. The number of hydrogen-bond donors (Lipinski definition) is 1. The number of aliphatic hydroxyl groups is 1. The molecule has 1 heterocycles. The van der Waals surface area contributed by atoms with Crippen molar-refractivity contribution in [2.45, 2.75) is 25.8 Å². The van der Waals surface area contributed by atoms with Crippen LogP contribution in [0.25, 0.3) is 0 Å². The standard InChI is InChI=1S/C19H28N2O5/c1-5-21-17(23)9-8-15(19(24)20(2)10-11-22)18(21)14-7-6-13(25-3)12-16(14)26-4/h6-7,12,15,18,22H,5,8-11H2,1-4H3/t15-,18+/m1/s1. The highest BCUT2D eigenvalue weighted by atomic mass is 16.5. The molecule has 0 saturated carbocycles. The minimum absolute atomic E-state index is 0.0317. The lowest BCUT2D eigenvalue weighted by Gasteiger charge is -2.41. The highest BCUT2D eigenvalue weighted by Crippen LogP contribution is 2.42. The number of ether oxygens (including phenoxy) is 2. The molecule has 7 nitrogen and oxygen atoms in total. The van der Waals surface area contributed by atoms with Crippen LogP contribution in [0.4, 0.5) is 0 Å². The van der Waals surface area contributed by atoms with Gasteiger partial charge < -0.3 is 24.4 Å². The van der Waals surface area contributed by atoms with Gasteiger partial charge in [-0.15, -0.1) is 0 Å². The average Bonchev–Trinajstić information content (AvgIpc) is 2.66. The number of hydrogen-bond acceptors (Lipinski definition) is 5. The maximum atomic E-state index is 13.0. The van der Waals surface area contributed by atoms with Crippen molar-refractivity contribution in [1.82, 2.24) is 9.80 Å². The number of carbonyl (C=O) groups is 2. The first-order valence-corrected chi connectivity index (χ1v) is 8.85. The van der Waals surface area contributed by atoms with Crippen molar-refractivity contribution in [3.05, 3.63) is 23.8 Å². The number of piperidine rings is 1. The van der Waals surface area contributed by atoms with E-state index < -0.39 is 6.04 Å². The predicted molar refractivity (Wildman–Crippen MR) is 97.1 cm³/mol. The number of amides is 2. The Labute approximate surface area is 154 Å². The van der Waals surface area contributed by atoms with Gasteiger partial charge in [-0.05, 0) is 25.5 Å². The van der Waals surface area contributed by atoms with Gasteiger partial charge in [0.2, 0.25) is 11.8 Å². The van der Waals surface area contributed by atoms with Gasteiger partial charge in [0, 0.05) is 38.2 Å². The number of likely N-dealkylation sites (N-methyl/N-ethyl adjacent to an activating group) is 1. The van der Waals surface area contributed by atoms with Crippen molar-refractivity contribution < 1.29 is 24.2 Å². The molecule has 0 aromatic heterocycles. The van der Waals surface area contributed by atoms with Gasteiger partial charge in [-0.3, -0.25) is 9.59 Å². The van der Waals surface area contributed by atoms with Crippen LogP contribution in [0.2, 0.25) is 0 Å². The van der Waals surface area contributed by atoms with Crippen LogP contribution in [-0.2, 0) is 9.59 Å². The van der Waals surface area contributed by atoms with Crippen LogP contribution in [0.3, 0.4) is 0 Å². The van der Waals surface area contributed by atoms with Crippen LogP contribution in [0, 0.1) is 5.92 Å². The van der Waals surface area contributed by atoms with Gasteiger partial charge in [-0.25, -0.2) is 0 Å². The summed E-state index contributed by atoms with van der Waals surface area (Å²) in [5.41, 5.74) is 0.791. The molecule has 2 amide bonds. The highest BCUT2D eigenvalue weighted by Gasteiger charge is 2.42. The highest BCUT2D eigenvalue weighted by molar-refractivity contribution is 5.85. The van der Waals surface area contributed by atoms with E-state index in [0.717, 1.165) is 5.56 Å². The van der Waals surface area contributed by atoms with Crippen LogP contribution < -0.4 is 9.47 Å². The summed E-state index contributed by atoms with van der Waals surface area (Å²) in [5.74, 6) is 0.810. The molecule has 1 aromatic rings. The molecule has 0 aliphatic carbocycles. The maximum Gasteiger partial charge on any atom is 0.227 e. The van der Waals surface area contributed by atoms with Gasteiger partial charge in [-0.2, -0.15) is 0 Å². The lowest BCUT2D eigenvalue weighted by molar-refractivity contribution is -0.147. The van der Waals surface area contributed by atoms with E-state index in [9.17, 15) is 9.59 Å². The van der Waals surface area contributed by atoms with E-state index in [2.05, 4.69) is 0 Å². The Balaban J connectivity index is 2.49. The normalized spacial score (nSPS) is 20.0. The molecule has 1 N–H and O–H groups in total. The van der Waals surface area contributed by atoms with E-state index in [1.54, 1.807) is 32.2 Å². The molecule has 0 radical (unpaired) electrons. The third kappa shape index (κ3) is 3.93. The fourth-order valence-corrected chi connectivity index (χ4v) is 3.58. The molecule has 1 fully saturated rings. The van der Waals surface area contributed by atoms with Crippen LogP contribution in [0.1, 0.15) is 31.4 Å². The quantitative estimate of drug-likeness (QED) is 0.792. The Bertz CT molecular complexity index is 649. The SMILES string of the molecule is CCN1C(=O)CC[C@@H](C(=O)N(C)CCO)[C@@H]1c1ccc(OC)cc1OC. The summed E-state index contributed by atoms with van der Waals surface area (Å²) in [5, 5.41) is 9.15. The second-order valence-electron chi connectivity index (χ2n) is 6.36. The molecule has 0 spiro atoms. The minimum Gasteiger partial charge on any atom is -0.497 e. The molecule has 1 aromatic carbocycles. The van der Waals surface area contributed by atoms with Gasteiger partial charge in [-0.1, -0.05) is 0 Å². The first-order chi connectivity index (χ1) is 12.5. The van der Waals surface area contributed by atoms with Gasteiger partial charge in [0.15, 0.2) is 0 Å². The summed E-state index contributed by atoms with van der Waals surface area (Å²) in [7, 11) is 4.81. The van der Waals surface area contributed by atoms with Crippen molar-refractivity contribution >= 4 is 11.8 Å². The zero-order chi connectivity index (χ0) is 19.3. The number of benzene rings is 1. The third-order valence-corrected chi connectivity index (χ3v) is 4.94. The monoisotopic (exact) mass is 364 g/mol. The Hall–Kier alpha value is -2.28. The number of carbonyl (C=O) groups excluding carboxylic acids is 2. The van der Waals surface area contributed by atoms with E-state index in [-0.39, 0.29) is 30.9 Å². The molecule has 0 bridgehead atoms. The zero-order valence-electron chi connectivity index (χ0n) is 15.9. The Morgan fingerprint density at radius 2 is 2.08 bits per heavy atom. The lowest BCUT2D eigenvalue weighted by Crippen LogP contribution is -2.48. The summed E-state index contributed by atoms with van der Waals surface area (Å²) in [6.07, 6.45) is 0.815. The van der Waals surface area contributed by atoms with Crippen molar-refractivity contribution in [3.63, 3.8) is 0 Å². The summed E-state index contributed by atoms with van der Waals surface area (Å²) < 4.78 is 10.8. The maximum absolute atomic E-state index is 13.0. The minimum atomic E-state index is -0.407. The third-order valence-electron chi connectivity index (χ3n) is 4.94. The molecule has 1 saturated heterocycles. The Morgan fingerprint density at radius 3 is 2.65 bits per heavy atom. The topological polar surface area (TPSA) is 79.3 Å². The molecule has 7 heteroatoms. The molecule has 144 valence electrons. The molecule has 1 aliphatic rings. The van der Waals surface area contributed by atoms with Crippen molar-refractivity contribution in [1.29, 1.82) is 0 Å². The van der Waals surface area contributed by atoms with E-state index in [1.165, 1.54) is 4.90 Å². The lowest BCUT2D eigenvalue weighted by atomic mass is 9.82. The first kappa shape index (κ1) is 20.0. The van der Waals surface area contributed by atoms with Crippen molar-refractivity contribution in [2.24, 2.45) is 5.92 Å². The van der Waals surface area contributed by atoms with Gasteiger partial charge in [0.1, 0.15) is 11.5 Å². The van der Waals surface area contributed by atoms with Gasteiger partial charge >= 0.3 is 0 Å². The van der Waals surface area contributed by atoms with Gasteiger partial charge in [0.05, 0.1) is 32.8 Å². The Morgan fingerprint density at radius 1 is 1.35 bits per heavy atom. The number of likely N-dealkylation sites (tertiary alicyclic amines) is 1. The molecular weight excluding hydrogens is 336 g/mol. The van der Waals surface area contributed by atoms with Crippen molar-refractivity contribution in [2.75, 3.05) is 41.0 Å². The smallest absolute Gasteiger partial charge is 0.227 e. The predicted octanol–water partition coefficient (Wildman–Crippen LogP) is 1.45. The molecular formula is C19H28N2O5. The molecule has 2 atom stereocenters. The van der Waals surface area contributed by atoms with Crippen LogP contribution >= 0.6 is 0 Å². The van der Waals surface area contributed by atoms with Gasteiger partial charge in [0.25, 0.3) is 0 Å². The summed E-state index contributed by atoms with van der Waals surface area (Å²) in [6.45, 7) is 2.58. The first-order valence-electron chi connectivity index (χ1n) is 8.85. The summed E-state index contributed by atoms with van der Waals surface area (Å²) in [4.78, 5) is 28.7.